The van der Waals surface area contributed by atoms with E-state index in [9.17, 15) is 0 Å². The van der Waals surface area contributed by atoms with Gasteiger partial charge in [0.05, 0.1) is 0 Å². The van der Waals surface area contributed by atoms with Crippen molar-refractivity contribution in [2.24, 2.45) is 0 Å². The maximum Gasteiger partial charge on any atom is 0 e. The molecule has 36 heavy (non-hydrogen) atoms. The first kappa shape index (κ1) is 2800. The molecule has 0 aliphatic rings. The van der Waals surface area contributed by atoms with Crippen LogP contribution in [-0.2, 0) is 207 Å². The molecule has 0 aromatic carbocycles. The van der Waals surface area contributed by atoms with Crippen LogP contribution in [0.3, 0.4) is 0 Å². The van der Waals surface area contributed by atoms with Gasteiger partial charge in [0, 0.05) is 186 Å². The molecule has 26 nitrogen and oxygen atoms in total. The van der Waals surface area contributed by atoms with E-state index in [2.05, 4.69) is 0 Å². The predicted octanol–water partition coefficient (Wildman–Crippen LogP) is -21.9. The van der Waals surface area contributed by atoms with Crippen LogP contribution in [0.2, 0.25) is 0 Å². The van der Waals surface area contributed by atoms with Gasteiger partial charge in [-0.3, -0.25) is 0 Å². The molecule has 0 fully saturated rings. The van der Waals surface area contributed by atoms with Gasteiger partial charge in [0.1, 0.15) is 0 Å². The Morgan fingerprint density at radius 2 is 0.0833 bits per heavy atom. The fourth-order valence-corrected chi connectivity index (χ4v) is 0. The van der Waals surface area contributed by atoms with Gasteiger partial charge in [-0.05, 0) is 0 Å². The van der Waals surface area contributed by atoms with E-state index in [1.54, 1.807) is 0 Å². The van der Waals surface area contributed by atoms with Crippen LogP contribution in [0.4, 0.5) is 0 Å². The predicted molar refractivity (Wildman–Crippen MR) is 99.0 cm³/mol. The summed E-state index contributed by atoms with van der Waals surface area (Å²) in [5, 5.41) is 0. The van der Waals surface area contributed by atoms with E-state index < -0.39 is 0 Å². The van der Waals surface area contributed by atoms with Crippen LogP contribution in [0.5, 0.6) is 0 Å². The van der Waals surface area contributed by atoms with Gasteiger partial charge in [-0.15, -0.1) is 0 Å². The summed E-state index contributed by atoms with van der Waals surface area (Å²) in [7, 11) is 0. The zero-order valence-electron chi connectivity index (χ0n) is 17.8. The molecule has 56 N–H and O–H groups in total. The summed E-state index contributed by atoms with van der Waals surface area (Å²) in [6.45, 7) is 0. The topological polar surface area (TPSA) is 825 Å². The molecule has 0 bridgehead atoms. The molecule has 0 aliphatic heterocycles. The summed E-state index contributed by atoms with van der Waals surface area (Å²) in [5.74, 6) is 0. The minimum absolute atomic E-state index is 0. The monoisotopic (exact) mass is 982 g/mol. The van der Waals surface area contributed by atoms with Gasteiger partial charge in [0.25, 0.3) is 0 Å². The zero-order valence-corrected chi connectivity index (χ0v) is 31.7. The van der Waals surface area contributed by atoms with Crippen molar-refractivity contribution in [1.82, 2.24) is 0 Å². The second kappa shape index (κ2) is 2600. The molecule has 0 rings (SSSR count). The maximum absolute atomic E-state index is 0. The molecule has 10 radical (unpaired) electrons. The van der Waals surface area contributed by atoms with E-state index in [1.165, 1.54) is 0 Å². The van der Waals surface area contributed by atoms with Crippen LogP contribution < -0.4 is 0 Å². The van der Waals surface area contributed by atoms with Gasteiger partial charge in [0.15, 0.2) is 0 Å². The molecule has 0 unspecified atom stereocenters. The van der Waals surface area contributed by atoms with Crippen LogP contribution in [0, 0.1) is 0 Å². The van der Waals surface area contributed by atoms with Crippen LogP contribution >= 0.6 is 0 Å². The number of rotatable bonds is 0. The molecule has 0 saturated carbocycles. The van der Waals surface area contributed by atoms with Crippen LogP contribution in [0.25, 0.3) is 0 Å². The first-order chi connectivity index (χ1) is 0. The van der Waals surface area contributed by atoms with Crippen LogP contribution in [0.15, 0.2) is 0 Å². The Kier molecular flexibility index (Phi) is 202000. The van der Waals surface area contributed by atoms with Crippen LogP contribution in [-0.4, -0.2) is 120 Å². The molecular formula is H56O26V10+4. The van der Waals surface area contributed by atoms with E-state index >= 15 is 0 Å². The summed E-state index contributed by atoms with van der Waals surface area (Å²) < 4.78 is 0. The largest absolute Gasteiger partial charge is 0.457 e. The van der Waals surface area contributed by atoms with Crippen molar-refractivity contribution in [2.45, 2.75) is 0 Å². The summed E-state index contributed by atoms with van der Waals surface area (Å²) in [5.41, 5.74) is 0. The summed E-state index contributed by atoms with van der Waals surface area (Å²) in [6.07, 6.45) is 0. The molecule has 0 aromatic heterocycles. The van der Waals surface area contributed by atoms with Gasteiger partial charge in [-0.2, -0.15) is 0 Å². The van der Waals surface area contributed by atoms with Crippen molar-refractivity contribution in [3.63, 3.8) is 0 Å². The Balaban J connectivity index is 0. The van der Waals surface area contributed by atoms with Crippen molar-refractivity contribution in [3.05, 3.63) is 0 Å². The summed E-state index contributed by atoms with van der Waals surface area (Å²) in [6, 6.07) is 0. The molecule has 0 aromatic rings. The molecule has 0 aliphatic carbocycles. The van der Waals surface area contributed by atoms with E-state index in [4.69, 9.17) is 0 Å². The quantitative estimate of drug-likeness (QED) is 0.204. The van der Waals surface area contributed by atoms with Crippen molar-refractivity contribution >= 4 is 0 Å². The fourth-order valence-electron chi connectivity index (χ4n) is 0. The maximum atomic E-state index is 0. The summed E-state index contributed by atoms with van der Waals surface area (Å²) >= 11 is 0. The number of hydrogen-bond donors (Lipinski definition) is 0. The smallest absolute Gasteiger partial charge is 0 e. The second-order valence-corrected chi connectivity index (χ2v) is 0. The molecule has 0 atom stereocenters. The van der Waals surface area contributed by atoms with Crippen molar-refractivity contribution in [1.29, 1.82) is 0 Å². The minimum atomic E-state index is 0. The van der Waals surface area contributed by atoms with E-state index in [0.29, 0.717) is 0 Å². The second-order valence-electron chi connectivity index (χ2n) is 0. The van der Waals surface area contributed by atoms with Gasteiger partial charge >= 0.3 is 0 Å². The fraction of sp³-hybridized carbons (Fsp3) is 0. The van der Waals surface area contributed by atoms with E-state index in [-0.39, 0.29) is 328 Å². The SMILES string of the molecule is O.O.O.O.O.O.O.O.O.O.O.O.O.O.O.O.O.O.O.O.O.O.[OH3+].[OH3+].[OH3+].[OH3+].[V].[V].[V].[V].[V].[V].[V].[V].[V].[V]. The first-order valence-electron chi connectivity index (χ1n) is 0. The molecule has 0 saturated heterocycles. The van der Waals surface area contributed by atoms with Crippen molar-refractivity contribution in [3.8, 4) is 0 Å². The zero-order chi connectivity index (χ0) is 0. The normalized spacial score (nSPS) is 0. The van der Waals surface area contributed by atoms with E-state index in [1.807, 2.05) is 0 Å². The van der Waals surface area contributed by atoms with Crippen molar-refractivity contribution < 1.29 is 328 Å². The standard InChI is InChI=1S/26H2O.10V/h26*1H2;;;;;;;;;;/p+4. The molecule has 36 heteroatoms. The molecule has 0 amide bonds. The average Bonchev–Trinajstić information content (AvgIpc) is 0. The van der Waals surface area contributed by atoms with Crippen molar-refractivity contribution in [2.75, 3.05) is 0 Å². The Hall–Kier alpha value is 4.80. The van der Waals surface area contributed by atoms with Gasteiger partial charge in [0.2, 0.25) is 0 Å². The minimum Gasteiger partial charge on any atom is -0.457 e. The van der Waals surface area contributed by atoms with E-state index in [0.717, 1.165) is 0 Å². The average molecular weight is 982 g/mol. The first-order valence-corrected chi connectivity index (χ1v) is 0. The summed E-state index contributed by atoms with van der Waals surface area (Å²) in [4.78, 5) is 0. The number of hydrogen-bond acceptors (Lipinski definition) is 0. The molecular weight excluding hydrogens is 925 g/mol. The van der Waals surface area contributed by atoms with Gasteiger partial charge in [-0.1, -0.05) is 0 Å². The van der Waals surface area contributed by atoms with Gasteiger partial charge in [-0.25, -0.2) is 0 Å². The Labute approximate surface area is 324 Å². The Morgan fingerprint density at radius 3 is 0.0833 bits per heavy atom. The third-order valence-electron chi connectivity index (χ3n) is 0. The Morgan fingerprint density at radius 1 is 0.0833 bits per heavy atom. The Bertz CT molecular complexity index is 30.7. The molecule has 0 heterocycles. The van der Waals surface area contributed by atoms with Crippen LogP contribution in [0.1, 0.15) is 0 Å². The third kappa shape index (κ3) is 2400. The molecule has 258 valence electrons. The van der Waals surface area contributed by atoms with Gasteiger partial charge < -0.3 is 142 Å². The molecule has 0 spiro atoms. The third-order valence-corrected chi connectivity index (χ3v) is 0.